The molecule has 0 aliphatic heterocycles. The molecule has 1 fully saturated rings. The van der Waals surface area contributed by atoms with Gasteiger partial charge in [0.25, 0.3) is 0 Å². The maximum atomic E-state index is 6.51. The first-order valence-corrected chi connectivity index (χ1v) is 6.61. The molecule has 1 saturated carbocycles. The molecule has 0 aromatic heterocycles. The van der Waals surface area contributed by atoms with Gasteiger partial charge in [0.15, 0.2) is 11.5 Å². The van der Waals surface area contributed by atoms with E-state index in [0.717, 1.165) is 24.0 Å². The molecule has 1 aliphatic rings. The van der Waals surface area contributed by atoms with Crippen LogP contribution < -0.4 is 15.2 Å². The van der Waals surface area contributed by atoms with Crippen LogP contribution >= 0.6 is 11.6 Å². The molecule has 2 N–H and O–H groups in total. The van der Waals surface area contributed by atoms with Gasteiger partial charge in [-0.1, -0.05) is 24.4 Å². The molecule has 0 radical (unpaired) electrons. The van der Waals surface area contributed by atoms with E-state index < -0.39 is 0 Å². The first-order valence-electron chi connectivity index (χ1n) is 6.24. The Morgan fingerprint density at radius 3 is 2.22 bits per heavy atom. The van der Waals surface area contributed by atoms with Crippen molar-refractivity contribution in [2.45, 2.75) is 38.1 Å². The first kappa shape index (κ1) is 13.5. The standard InChI is InChI=1S/C14H20ClNO2/c1-9-10(14(16)6-4-5-7-14)8-11(15)13(18-3)12(9)17-2/h8H,4-7,16H2,1-3H3. The number of rotatable bonds is 3. The molecule has 0 bridgehead atoms. The number of benzene rings is 1. The summed E-state index contributed by atoms with van der Waals surface area (Å²) < 4.78 is 10.7. The maximum absolute atomic E-state index is 6.51. The van der Waals surface area contributed by atoms with Crippen LogP contribution in [0.15, 0.2) is 6.07 Å². The Morgan fingerprint density at radius 2 is 1.72 bits per heavy atom. The number of methoxy groups -OCH3 is 2. The van der Waals surface area contributed by atoms with Gasteiger partial charge in [-0.25, -0.2) is 0 Å². The Hall–Kier alpha value is -0.930. The first-order chi connectivity index (χ1) is 8.53. The normalized spacial score (nSPS) is 17.8. The molecule has 1 aromatic carbocycles. The van der Waals surface area contributed by atoms with Crippen LogP contribution in [0.1, 0.15) is 36.8 Å². The maximum Gasteiger partial charge on any atom is 0.179 e. The molecule has 0 atom stereocenters. The van der Waals surface area contributed by atoms with Crippen LogP contribution in [0.5, 0.6) is 11.5 Å². The van der Waals surface area contributed by atoms with E-state index >= 15 is 0 Å². The Labute approximate surface area is 113 Å². The zero-order chi connectivity index (χ0) is 13.3. The third-order valence-electron chi connectivity index (χ3n) is 3.88. The molecule has 0 saturated heterocycles. The predicted molar refractivity (Wildman–Crippen MR) is 73.6 cm³/mol. The molecule has 0 spiro atoms. The van der Waals surface area contributed by atoms with Gasteiger partial charge in [-0.15, -0.1) is 0 Å². The van der Waals surface area contributed by atoms with Crippen molar-refractivity contribution >= 4 is 11.6 Å². The highest BCUT2D eigenvalue weighted by atomic mass is 35.5. The Morgan fingerprint density at radius 1 is 1.17 bits per heavy atom. The molecule has 0 heterocycles. The van der Waals surface area contributed by atoms with E-state index in [0.29, 0.717) is 16.5 Å². The van der Waals surface area contributed by atoms with Crippen LogP contribution in [0.2, 0.25) is 5.02 Å². The van der Waals surface area contributed by atoms with E-state index in [4.69, 9.17) is 26.8 Å². The van der Waals surface area contributed by atoms with Crippen LogP contribution in [0.4, 0.5) is 0 Å². The topological polar surface area (TPSA) is 44.5 Å². The van der Waals surface area contributed by atoms with Crippen molar-refractivity contribution in [3.63, 3.8) is 0 Å². The van der Waals surface area contributed by atoms with Crippen molar-refractivity contribution in [1.29, 1.82) is 0 Å². The van der Waals surface area contributed by atoms with Gasteiger partial charge in [0.1, 0.15) is 0 Å². The summed E-state index contributed by atoms with van der Waals surface area (Å²) in [5, 5.41) is 0.562. The van der Waals surface area contributed by atoms with Gasteiger partial charge in [-0.2, -0.15) is 0 Å². The summed E-state index contributed by atoms with van der Waals surface area (Å²) in [6.45, 7) is 2.01. The molecule has 0 amide bonds. The summed E-state index contributed by atoms with van der Waals surface area (Å²) >= 11 is 6.27. The highest BCUT2D eigenvalue weighted by Crippen LogP contribution is 2.46. The number of ether oxygens (including phenoxy) is 2. The fraction of sp³-hybridized carbons (Fsp3) is 0.571. The van der Waals surface area contributed by atoms with Crippen molar-refractivity contribution in [1.82, 2.24) is 0 Å². The fourth-order valence-corrected chi connectivity index (χ4v) is 3.20. The minimum Gasteiger partial charge on any atom is -0.493 e. The summed E-state index contributed by atoms with van der Waals surface area (Å²) in [6, 6.07) is 1.93. The van der Waals surface area contributed by atoms with E-state index in [1.807, 2.05) is 13.0 Å². The molecule has 2 rings (SSSR count). The number of hydrogen-bond acceptors (Lipinski definition) is 3. The van der Waals surface area contributed by atoms with E-state index in [9.17, 15) is 0 Å². The predicted octanol–water partition coefficient (Wildman–Crippen LogP) is 3.39. The van der Waals surface area contributed by atoms with Gasteiger partial charge in [-0.3, -0.25) is 0 Å². The largest absolute Gasteiger partial charge is 0.493 e. The van der Waals surface area contributed by atoms with E-state index in [1.165, 1.54) is 12.8 Å². The molecule has 4 heteroatoms. The second-order valence-electron chi connectivity index (χ2n) is 4.96. The van der Waals surface area contributed by atoms with E-state index in [1.54, 1.807) is 14.2 Å². The van der Waals surface area contributed by atoms with Crippen LogP contribution in [-0.4, -0.2) is 14.2 Å². The monoisotopic (exact) mass is 269 g/mol. The third-order valence-corrected chi connectivity index (χ3v) is 4.16. The molecule has 3 nitrogen and oxygen atoms in total. The van der Waals surface area contributed by atoms with Crippen LogP contribution in [-0.2, 0) is 5.54 Å². The highest BCUT2D eigenvalue weighted by molar-refractivity contribution is 6.32. The Kier molecular flexibility index (Phi) is 3.74. The van der Waals surface area contributed by atoms with Crippen molar-refractivity contribution in [2.75, 3.05) is 14.2 Å². The van der Waals surface area contributed by atoms with Crippen LogP contribution in [0.25, 0.3) is 0 Å². The zero-order valence-electron chi connectivity index (χ0n) is 11.2. The van der Waals surface area contributed by atoms with E-state index in [2.05, 4.69) is 0 Å². The summed E-state index contributed by atoms with van der Waals surface area (Å²) in [4.78, 5) is 0. The molecule has 100 valence electrons. The fourth-order valence-electron chi connectivity index (χ4n) is 2.93. The molecule has 18 heavy (non-hydrogen) atoms. The zero-order valence-corrected chi connectivity index (χ0v) is 11.9. The Balaban J connectivity index is 2.59. The second-order valence-corrected chi connectivity index (χ2v) is 5.37. The molecule has 1 aliphatic carbocycles. The lowest BCUT2D eigenvalue weighted by Gasteiger charge is -2.28. The number of nitrogens with two attached hydrogens (primary N) is 1. The average Bonchev–Trinajstić information content (AvgIpc) is 2.79. The van der Waals surface area contributed by atoms with Crippen molar-refractivity contribution < 1.29 is 9.47 Å². The Bertz CT molecular complexity index is 454. The van der Waals surface area contributed by atoms with Gasteiger partial charge in [-0.05, 0) is 31.4 Å². The summed E-state index contributed by atoms with van der Waals surface area (Å²) in [6.07, 6.45) is 4.34. The van der Waals surface area contributed by atoms with Crippen molar-refractivity contribution in [2.24, 2.45) is 5.73 Å². The quantitative estimate of drug-likeness (QED) is 0.915. The minimum absolute atomic E-state index is 0.271. The van der Waals surface area contributed by atoms with Gasteiger partial charge >= 0.3 is 0 Å². The van der Waals surface area contributed by atoms with Crippen molar-refractivity contribution in [3.8, 4) is 11.5 Å². The highest BCUT2D eigenvalue weighted by Gasteiger charge is 2.34. The lowest BCUT2D eigenvalue weighted by Crippen LogP contribution is -2.34. The summed E-state index contributed by atoms with van der Waals surface area (Å²) in [5.74, 6) is 1.28. The van der Waals surface area contributed by atoms with Crippen LogP contribution in [0, 0.1) is 6.92 Å². The number of hydrogen-bond donors (Lipinski definition) is 1. The molecule has 0 unspecified atom stereocenters. The van der Waals surface area contributed by atoms with Gasteiger partial charge in [0, 0.05) is 11.1 Å². The lowest BCUT2D eigenvalue weighted by molar-refractivity contribution is 0.349. The average molecular weight is 270 g/mol. The van der Waals surface area contributed by atoms with Gasteiger partial charge in [0.05, 0.1) is 19.2 Å². The van der Waals surface area contributed by atoms with Gasteiger partial charge in [0.2, 0.25) is 0 Å². The lowest BCUT2D eigenvalue weighted by atomic mass is 9.86. The molecular formula is C14H20ClNO2. The second kappa shape index (κ2) is 4.98. The SMILES string of the molecule is COc1c(Cl)cc(C2(N)CCCC2)c(C)c1OC. The molecular weight excluding hydrogens is 250 g/mol. The smallest absolute Gasteiger partial charge is 0.179 e. The molecule has 1 aromatic rings. The van der Waals surface area contributed by atoms with E-state index in [-0.39, 0.29) is 5.54 Å². The summed E-state index contributed by atoms with van der Waals surface area (Å²) in [5.41, 5.74) is 8.36. The number of halogens is 1. The minimum atomic E-state index is -0.271. The van der Waals surface area contributed by atoms with Gasteiger partial charge < -0.3 is 15.2 Å². The van der Waals surface area contributed by atoms with Crippen molar-refractivity contribution in [3.05, 3.63) is 22.2 Å². The summed E-state index contributed by atoms with van der Waals surface area (Å²) in [7, 11) is 3.22. The van der Waals surface area contributed by atoms with Crippen LogP contribution in [0.3, 0.4) is 0 Å². The third kappa shape index (κ3) is 2.06.